The van der Waals surface area contributed by atoms with Gasteiger partial charge < -0.3 is 4.74 Å². The van der Waals surface area contributed by atoms with Crippen LogP contribution in [-0.4, -0.2) is 24.8 Å². The van der Waals surface area contributed by atoms with E-state index in [0.29, 0.717) is 12.0 Å². The molecule has 2 fully saturated rings. The van der Waals surface area contributed by atoms with Gasteiger partial charge in [-0.1, -0.05) is 13.8 Å². The fraction of sp³-hybridized carbons (Fsp3) is 0.923. The standard InChI is InChI=1S/C13H22N2O/c1-10(2)11-6-13(7-11,9-14)15-8-12-4-3-5-16-12/h10-12,15H,3-8H2,1-2H3. The van der Waals surface area contributed by atoms with E-state index in [1.54, 1.807) is 0 Å². The van der Waals surface area contributed by atoms with E-state index >= 15 is 0 Å². The molecule has 0 amide bonds. The van der Waals surface area contributed by atoms with E-state index in [9.17, 15) is 5.26 Å². The van der Waals surface area contributed by atoms with Crippen LogP contribution in [0.3, 0.4) is 0 Å². The predicted octanol–water partition coefficient (Wildman–Crippen LogP) is 2.08. The molecule has 0 aromatic carbocycles. The summed E-state index contributed by atoms with van der Waals surface area (Å²) in [7, 11) is 0. The second kappa shape index (κ2) is 4.73. The lowest BCUT2D eigenvalue weighted by Crippen LogP contribution is -2.57. The summed E-state index contributed by atoms with van der Waals surface area (Å²) in [4.78, 5) is 0. The molecule has 0 aromatic heterocycles. The molecular weight excluding hydrogens is 200 g/mol. The molecule has 0 spiro atoms. The Morgan fingerprint density at radius 2 is 2.25 bits per heavy atom. The first-order chi connectivity index (χ1) is 7.65. The number of nitrogens with one attached hydrogen (secondary N) is 1. The Kier molecular flexibility index (Phi) is 3.51. The minimum Gasteiger partial charge on any atom is -0.377 e. The zero-order valence-corrected chi connectivity index (χ0v) is 10.3. The average molecular weight is 222 g/mol. The van der Waals surface area contributed by atoms with Crippen LogP contribution in [-0.2, 0) is 4.74 Å². The zero-order valence-electron chi connectivity index (χ0n) is 10.3. The van der Waals surface area contributed by atoms with Crippen LogP contribution in [0.2, 0.25) is 0 Å². The van der Waals surface area contributed by atoms with Gasteiger partial charge in [0.25, 0.3) is 0 Å². The van der Waals surface area contributed by atoms with Crippen LogP contribution in [0.1, 0.15) is 39.5 Å². The summed E-state index contributed by atoms with van der Waals surface area (Å²) in [6, 6.07) is 2.46. The Hall–Kier alpha value is -0.590. The first-order valence-electron chi connectivity index (χ1n) is 6.43. The van der Waals surface area contributed by atoms with Gasteiger partial charge in [0.15, 0.2) is 0 Å². The maximum atomic E-state index is 9.26. The fourth-order valence-electron chi connectivity index (χ4n) is 2.70. The normalized spacial score (nSPS) is 38.4. The summed E-state index contributed by atoms with van der Waals surface area (Å²) in [6.45, 7) is 6.22. The van der Waals surface area contributed by atoms with Gasteiger partial charge in [0.1, 0.15) is 5.54 Å². The van der Waals surface area contributed by atoms with E-state index in [1.807, 2.05) is 0 Å². The summed E-state index contributed by atoms with van der Waals surface area (Å²) in [6.07, 6.45) is 4.66. The van der Waals surface area contributed by atoms with Gasteiger partial charge in [-0.25, -0.2) is 0 Å². The molecule has 1 saturated carbocycles. The second-order valence-corrected chi connectivity index (χ2v) is 5.62. The molecule has 1 aliphatic carbocycles. The Morgan fingerprint density at radius 3 is 2.75 bits per heavy atom. The summed E-state index contributed by atoms with van der Waals surface area (Å²) >= 11 is 0. The van der Waals surface area contributed by atoms with Crippen molar-refractivity contribution in [1.82, 2.24) is 5.32 Å². The van der Waals surface area contributed by atoms with E-state index in [4.69, 9.17) is 4.74 Å². The summed E-state index contributed by atoms with van der Waals surface area (Å²) < 4.78 is 5.56. The third-order valence-corrected chi connectivity index (χ3v) is 4.07. The first-order valence-corrected chi connectivity index (χ1v) is 6.43. The van der Waals surface area contributed by atoms with E-state index in [2.05, 4.69) is 25.2 Å². The lowest BCUT2D eigenvalue weighted by Gasteiger charge is -2.45. The largest absolute Gasteiger partial charge is 0.377 e. The summed E-state index contributed by atoms with van der Waals surface area (Å²) in [5.41, 5.74) is -0.249. The number of nitrogens with zero attached hydrogens (tertiary/aromatic N) is 1. The molecule has 2 rings (SSSR count). The smallest absolute Gasteiger partial charge is 0.107 e. The third kappa shape index (κ3) is 2.39. The van der Waals surface area contributed by atoms with Gasteiger partial charge in [0.2, 0.25) is 0 Å². The van der Waals surface area contributed by atoms with E-state index < -0.39 is 0 Å². The van der Waals surface area contributed by atoms with Crippen LogP contribution >= 0.6 is 0 Å². The number of hydrogen-bond acceptors (Lipinski definition) is 3. The minimum atomic E-state index is -0.249. The van der Waals surface area contributed by atoms with Crippen LogP contribution in [0.15, 0.2) is 0 Å². The lowest BCUT2D eigenvalue weighted by atomic mass is 9.64. The van der Waals surface area contributed by atoms with Crippen molar-refractivity contribution in [2.45, 2.75) is 51.2 Å². The summed E-state index contributed by atoms with van der Waals surface area (Å²) in [5.74, 6) is 1.42. The molecule has 16 heavy (non-hydrogen) atoms. The molecule has 1 heterocycles. The monoisotopic (exact) mass is 222 g/mol. The maximum absolute atomic E-state index is 9.26. The van der Waals surface area contributed by atoms with Crippen molar-refractivity contribution in [3.8, 4) is 6.07 Å². The van der Waals surface area contributed by atoms with Crippen molar-refractivity contribution in [3.63, 3.8) is 0 Å². The zero-order chi connectivity index (χ0) is 11.6. The molecule has 3 heteroatoms. The Bertz CT molecular complexity index is 270. The van der Waals surface area contributed by atoms with Crippen LogP contribution in [0.4, 0.5) is 0 Å². The van der Waals surface area contributed by atoms with Crippen molar-refractivity contribution in [2.24, 2.45) is 11.8 Å². The van der Waals surface area contributed by atoms with Gasteiger partial charge in [0.05, 0.1) is 12.2 Å². The highest BCUT2D eigenvalue weighted by molar-refractivity contribution is 5.16. The van der Waals surface area contributed by atoms with Gasteiger partial charge in [-0.3, -0.25) is 5.32 Å². The van der Waals surface area contributed by atoms with E-state index in [-0.39, 0.29) is 5.54 Å². The number of rotatable bonds is 4. The molecule has 1 unspecified atom stereocenters. The number of nitriles is 1. The minimum absolute atomic E-state index is 0.249. The van der Waals surface area contributed by atoms with Crippen molar-refractivity contribution in [3.05, 3.63) is 0 Å². The van der Waals surface area contributed by atoms with E-state index in [0.717, 1.165) is 38.3 Å². The molecule has 1 atom stereocenters. The van der Waals surface area contributed by atoms with Crippen LogP contribution in [0, 0.1) is 23.2 Å². The average Bonchev–Trinajstić information content (AvgIpc) is 2.69. The highest BCUT2D eigenvalue weighted by Crippen LogP contribution is 2.41. The molecular formula is C13H22N2O. The van der Waals surface area contributed by atoms with Crippen molar-refractivity contribution >= 4 is 0 Å². The van der Waals surface area contributed by atoms with Crippen LogP contribution in [0.5, 0.6) is 0 Å². The van der Waals surface area contributed by atoms with Crippen LogP contribution < -0.4 is 5.32 Å². The highest BCUT2D eigenvalue weighted by Gasteiger charge is 2.45. The first kappa shape index (κ1) is 11.9. The number of ether oxygens (including phenoxy) is 1. The molecule has 2 aliphatic rings. The number of hydrogen-bond donors (Lipinski definition) is 1. The topological polar surface area (TPSA) is 45.0 Å². The van der Waals surface area contributed by atoms with Crippen molar-refractivity contribution in [1.29, 1.82) is 5.26 Å². The maximum Gasteiger partial charge on any atom is 0.107 e. The Labute approximate surface area is 98.2 Å². The molecule has 0 radical (unpaired) electrons. The van der Waals surface area contributed by atoms with Crippen molar-refractivity contribution in [2.75, 3.05) is 13.2 Å². The predicted molar refractivity (Wildman–Crippen MR) is 62.9 cm³/mol. The molecule has 1 N–H and O–H groups in total. The molecule has 0 aromatic rings. The lowest BCUT2D eigenvalue weighted by molar-refractivity contribution is 0.0729. The van der Waals surface area contributed by atoms with Gasteiger partial charge in [-0.2, -0.15) is 5.26 Å². The van der Waals surface area contributed by atoms with Gasteiger partial charge in [-0.15, -0.1) is 0 Å². The molecule has 1 saturated heterocycles. The van der Waals surface area contributed by atoms with Gasteiger partial charge in [0, 0.05) is 13.2 Å². The quantitative estimate of drug-likeness (QED) is 0.792. The molecule has 0 bridgehead atoms. The summed E-state index contributed by atoms with van der Waals surface area (Å²) in [5, 5.41) is 12.7. The van der Waals surface area contributed by atoms with Crippen molar-refractivity contribution < 1.29 is 4.74 Å². The SMILES string of the molecule is CC(C)C1CC(C#N)(NCC2CCCO2)C1. The van der Waals surface area contributed by atoms with E-state index in [1.165, 1.54) is 6.42 Å². The van der Waals surface area contributed by atoms with Crippen LogP contribution in [0.25, 0.3) is 0 Å². The fourth-order valence-corrected chi connectivity index (χ4v) is 2.70. The van der Waals surface area contributed by atoms with Gasteiger partial charge >= 0.3 is 0 Å². The molecule has 1 aliphatic heterocycles. The highest BCUT2D eigenvalue weighted by atomic mass is 16.5. The Balaban J connectivity index is 1.77. The molecule has 3 nitrogen and oxygen atoms in total. The third-order valence-electron chi connectivity index (χ3n) is 4.07. The second-order valence-electron chi connectivity index (χ2n) is 5.62. The Morgan fingerprint density at radius 1 is 1.50 bits per heavy atom. The molecule has 90 valence electrons. The van der Waals surface area contributed by atoms with Gasteiger partial charge in [-0.05, 0) is 37.5 Å².